The van der Waals surface area contributed by atoms with Crippen LogP contribution in [-0.4, -0.2) is 36.0 Å². The number of nitrogens with zero attached hydrogens (tertiary/aromatic N) is 2. The van der Waals surface area contributed by atoms with E-state index in [-0.39, 0.29) is 0 Å². The second-order valence-corrected chi connectivity index (χ2v) is 6.02. The third kappa shape index (κ3) is 4.16. The van der Waals surface area contributed by atoms with E-state index in [2.05, 4.69) is 71.3 Å². The molecular formula is C19H24N2. The lowest BCUT2D eigenvalue weighted by atomic mass is 10.1. The second kappa shape index (κ2) is 6.88. The first-order valence-corrected chi connectivity index (χ1v) is 7.84. The molecule has 0 unspecified atom stereocenters. The third-order valence-corrected chi connectivity index (χ3v) is 4.24. The van der Waals surface area contributed by atoms with Gasteiger partial charge in [-0.1, -0.05) is 60.2 Å². The molecule has 2 aromatic rings. The number of hydrogen-bond acceptors (Lipinski definition) is 2. The number of rotatable bonds is 4. The summed E-state index contributed by atoms with van der Waals surface area (Å²) in [5.74, 6) is 0. The topological polar surface area (TPSA) is 6.48 Å². The smallest absolute Gasteiger partial charge is 0.0234 e. The lowest BCUT2D eigenvalue weighted by Crippen LogP contribution is -2.45. The van der Waals surface area contributed by atoms with Gasteiger partial charge in [-0.25, -0.2) is 0 Å². The minimum Gasteiger partial charge on any atom is -0.297 e. The Morgan fingerprint density at radius 3 is 1.67 bits per heavy atom. The summed E-state index contributed by atoms with van der Waals surface area (Å²) in [5, 5.41) is 0. The zero-order chi connectivity index (χ0) is 14.5. The van der Waals surface area contributed by atoms with Gasteiger partial charge in [0.15, 0.2) is 0 Å². The van der Waals surface area contributed by atoms with Crippen molar-refractivity contribution in [3.05, 3.63) is 71.3 Å². The molecule has 2 nitrogen and oxygen atoms in total. The molecule has 21 heavy (non-hydrogen) atoms. The van der Waals surface area contributed by atoms with Crippen LogP contribution in [0.25, 0.3) is 0 Å². The fraction of sp³-hybridized carbons (Fsp3) is 0.368. The largest absolute Gasteiger partial charge is 0.297 e. The van der Waals surface area contributed by atoms with Gasteiger partial charge in [-0.05, 0) is 18.1 Å². The predicted octanol–water partition coefficient (Wildman–Crippen LogP) is 3.31. The molecule has 0 aliphatic carbocycles. The normalized spacial score (nSPS) is 17.0. The van der Waals surface area contributed by atoms with Crippen LogP contribution in [0.5, 0.6) is 0 Å². The van der Waals surface area contributed by atoms with Gasteiger partial charge in [-0.2, -0.15) is 0 Å². The van der Waals surface area contributed by atoms with Crippen LogP contribution in [0.3, 0.4) is 0 Å². The average Bonchev–Trinajstić information content (AvgIpc) is 2.53. The first-order valence-electron chi connectivity index (χ1n) is 7.84. The van der Waals surface area contributed by atoms with Crippen molar-refractivity contribution in [1.29, 1.82) is 0 Å². The Bertz CT molecular complexity index is 540. The van der Waals surface area contributed by atoms with Crippen LogP contribution in [-0.2, 0) is 13.1 Å². The standard InChI is InChI=1S/C19H24N2/c1-17-7-9-19(10-8-17)16-21-13-11-20(12-14-21)15-18-5-3-2-4-6-18/h2-10H,11-16H2,1H3. The van der Waals surface area contributed by atoms with Crippen molar-refractivity contribution >= 4 is 0 Å². The van der Waals surface area contributed by atoms with Crippen LogP contribution in [0.4, 0.5) is 0 Å². The summed E-state index contributed by atoms with van der Waals surface area (Å²) in [5.41, 5.74) is 4.19. The Labute approximate surface area is 128 Å². The van der Waals surface area contributed by atoms with Crippen molar-refractivity contribution in [3.63, 3.8) is 0 Å². The van der Waals surface area contributed by atoms with Crippen LogP contribution in [0.15, 0.2) is 54.6 Å². The van der Waals surface area contributed by atoms with Crippen LogP contribution in [0.2, 0.25) is 0 Å². The van der Waals surface area contributed by atoms with Crippen LogP contribution >= 0.6 is 0 Å². The number of hydrogen-bond donors (Lipinski definition) is 0. The summed E-state index contributed by atoms with van der Waals surface area (Å²) in [6.07, 6.45) is 0. The Morgan fingerprint density at radius 2 is 1.14 bits per heavy atom. The summed E-state index contributed by atoms with van der Waals surface area (Å²) >= 11 is 0. The molecule has 0 atom stereocenters. The molecule has 0 aromatic heterocycles. The van der Waals surface area contributed by atoms with E-state index in [0.29, 0.717) is 0 Å². The summed E-state index contributed by atoms with van der Waals surface area (Å²) in [6, 6.07) is 19.7. The average molecular weight is 280 g/mol. The summed E-state index contributed by atoms with van der Waals surface area (Å²) in [4.78, 5) is 5.12. The molecule has 2 heteroatoms. The van der Waals surface area contributed by atoms with Gasteiger partial charge >= 0.3 is 0 Å². The molecule has 1 aliphatic heterocycles. The summed E-state index contributed by atoms with van der Waals surface area (Å²) < 4.78 is 0. The van der Waals surface area contributed by atoms with E-state index < -0.39 is 0 Å². The maximum absolute atomic E-state index is 2.56. The highest BCUT2D eigenvalue weighted by atomic mass is 15.3. The van der Waals surface area contributed by atoms with Gasteiger partial charge in [0.2, 0.25) is 0 Å². The molecule has 0 spiro atoms. The quantitative estimate of drug-likeness (QED) is 0.848. The Morgan fingerprint density at radius 1 is 0.667 bits per heavy atom. The van der Waals surface area contributed by atoms with Gasteiger partial charge in [-0.3, -0.25) is 9.80 Å². The van der Waals surface area contributed by atoms with Gasteiger partial charge in [0.05, 0.1) is 0 Å². The van der Waals surface area contributed by atoms with E-state index in [1.54, 1.807) is 0 Å². The van der Waals surface area contributed by atoms with E-state index in [9.17, 15) is 0 Å². The van der Waals surface area contributed by atoms with Crippen LogP contribution in [0, 0.1) is 6.92 Å². The highest BCUT2D eigenvalue weighted by Crippen LogP contribution is 2.12. The molecule has 1 heterocycles. The summed E-state index contributed by atoms with van der Waals surface area (Å²) in [7, 11) is 0. The predicted molar refractivity (Wildman–Crippen MR) is 88.2 cm³/mol. The molecule has 0 saturated carbocycles. The van der Waals surface area contributed by atoms with Crippen molar-refractivity contribution in [2.45, 2.75) is 20.0 Å². The minimum atomic E-state index is 1.08. The lowest BCUT2D eigenvalue weighted by molar-refractivity contribution is 0.122. The van der Waals surface area contributed by atoms with E-state index in [1.807, 2.05) is 0 Å². The van der Waals surface area contributed by atoms with Gasteiger partial charge in [0, 0.05) is 39.3 Å². The molecule has 2 aromatic carbocycles. The van der Waals surface area contributed by atoms with Crippen molar-refractivity contribution in [2.24, 2.45) is 0 Å². The number of benzene rings is 2. The molecule has 3 rings (SSSR count). The monoisotopic (exact) mass is 280 g/mol. The molecular weight excluding hydrogens is 256 g/mol. The van der Waals surface area contributed by atoms with E-state index in [0.717, 1.165) is 13.1 Å². The Hall–Kier alpha value is -1.64. The molecule has 0 amide bonds. The molecule has 110 valence electrons. The molecule has 1 aliphatic rings. The zero-order valence-electron chi connectivity index (χ0n) is 12.8. The zero-order valence-corrected chi connectivity index (χ0v) is 12.8. The van der Waals surface area contributed by atoms with Gasteiger partial charge in [0.1, 0.15) is 0 Å². The van der Waals surface area contributed by atoms with Gasteiger partial charge in [0.25, 0.3) is 0 Å². The van der Waals surface area contributed by atoms with Crippen molar-refractivity contribution in [1.82, 2.24) is 9.80 Å². The van der Waals surface area contributed by atoms with Gasteiger partial charge < -0.3 is 0 Å². The number of aryl methyl sites for hydroxylation is 1. The SMILES string of the molecule is Cc1ccc(CN2CCN(Cc3ccccc3)CC2)cc1. The van der Waals surface area contributed by atoms with Crippen LogP contribution < -0.4 is 0 Å². The highest BCUT2D eigenvalue weighted by molar-refractivity contribution is 5.21. The second-order valence-electron chi connectivity index (χ2n) is 6.02. The van der Waals surface area contributed by atoms with Crippen LogP contribution in [0.1, 0.15) is 16.7 Å². The lowest BCUT2D eigenvalue weighted by Gasteiger charge is -2.34. The fourth-order valence-corrected chi connectivity index (χ4v) is 2.90. The van der Waals surface area contributed by atoms with Crippen molar-refractivity contribution in [3.8, 4) is 0 Å². The number of piperazine rings is 1. The summed E-state index contributed by atoms with van der Waals surface area (Å²) in [6.45, 7) is 8.98. The van der Waals surface area contributed by atoms with E-state index in [1.165, 1.54) is 42.9 Å². The van der Waals surface area contributed by atoms with E-state index >= 15 is 0 Å². The maximum atomic E-state index is 2.56. The first-order chi connectivity index (χ1) is 10.3. The first kappa shape index (κ1) is 14.3. The van der Waals surface area contributed by atoms with E-state index in [4.69, 9.17) is 0 Å². The molecule has 0 radical (unpaired) electrons. The molecule has 0 N–H and O–H groups in total. The molecule has 1 saturated heterocycles. The highest BCUT2D eigenvalue weighted by Gasteiger charge is 2.16. The maximum Gasteiger partial charge on any atom is 0.0234 e. The molecule has 1 fully saturated rings. The fourth-order valence-electron chi connectivity index (χ4n) is 2.90. The Balaban J connectivity index is 1.47. The molecule has 0 bridgehead atoms. The van der Waals surface area contributed by atoms with Crippen molar-refractivity contribution in [2.75, 3.05) is 26.2 Å². The minimum absolute atomic E-state index is 1.08. The van der Waals surface area contributed by atoms with Crippen molar-refractivity contribution < 1.29 is 0 Å². The third-order valence-electron chi connectivity index (χ3n) is 4.24. The van der Waals surface area contributed by atoms with Gasteiger partial charge in [-0.15, -0.1) is 0 Å². The Kier molecular flexibility index (Phi) is 4.69.